The first-order valence-corrected chi connectivity index (χ1v) is 9.25. The maximum absolute atomic E-state index is 12.5. The molecular formula is C20H23NO4S. The summed E-state index contributed by atoms with van der Waals surface area (Å²) in [4.78, 5) is 24.2. The summed E-state index contributed by atoms with van der Waals surface area (Å²) in [5, 5.41) is 11.3. The van der Waals surface area contributed by atoms with Crippen molar-refractivity contribution >= 4 is 23.6 Å². The molecule has 2 N–H and O–H groups in total. The van der Waals surface area contributed by atoms with E-state index in [9.17, 15) is 9.59 Å². The number of carboxylic acid groups (broad SMARTS) is 1. The van der Waals surface area contributed by atoms with E-state index in [4.69, 9.17) is 9.84 Å². The third-order valence-corrected chi connectivity index (χ3v) is 4.86. The van der Waals surface area contributed by atoms with Gasteiger partial charge in [0.25, 0.3) is 5.91 Å². The number of aryl methyl sites for hydroxylation is 1. The van der Waals surface area contributed by atoms with Gasteiger partial charge in [-0.05, 0) is 45.0 Å². The van der Waals surface area contributed by atoms with Gasteiger partial charge in [0, 0.05) is 4.90 Å². The number of aliphatic carboxylic acids is 1. The lowest BCUT2D eigenvalue weighted by atomic mass is 10.2. The Morgan fingerprint density at radius 2 is 1.77 bits per heavy atom. The summed E-state index contributed by atoms with van der Waals surface area (Å²) >= 11 is 1.15. The Morgan fingerprint density at radius 1 is 1.12 bits per heavy atom. The summed E-state index contributed by atoms with van der Waals surface area (Å²) < 4.78 is 5.78. The van der Waals surface area contributed by atoms with Gasteiger partial charge < -0.3 is 15.2 Å². The molecule has 26 heavy (non-hydrogen) atoms. The van der Waals surface area contributed by atoms with E-state index in [-0.39, 0.29) is 12.0 Å². The number of ether oxygens (including phenoxy) is 1. The fourth-order valence-corrected chi connectivity index (χ4v) is 3.15. The van der Waals surface area contributed by atoms with Gasteiger partial charge in [0.2, 0.25) is 0 Å². The van der Waals surface area contributed by atoms with Gasteiger partial charge in [-0.15, -0.1) is 11.8 Å². The van der Waals surface area contributed by atoms with Gasteiger partial charge >= 0.3 is 5.97 Å². The molecule has 2 aromatic carbocycles. The van der Waals surface area contributed by atoms with Crippen molar-refractivity contribution < 1.29 is 19.4 Å². The predicted molar refractivity (Wildman–Crippen MR) is 103 cm³/mol. The molecule has 0 aromatic heterocycles. The van der Waals surface area contributed by atoms with Crippen LogP contribution in [0.1, 0.15) is 29.8 Å². The lowest BCUT2D eigenvalue weighted by molar-refractivity contribution is -0.136. The summed E-state index contributed by atoms with van der Waals surface area (Å²) in [6.07, 6.45) is -0.195. The standard InChI is InChI=1S/C20H23NO4S/c1-13-8-10-16(11-9-13)25-14(2)12-21-19(22)17-6-4-5-7-18(17)26-15(3)20(23)24/h4-11,14-15H,12H2,1-3H3,(H,21,22)(H,23,24). The molecule has 5 nitrogen and oxygen atoms in total. The number of hydrogen-bond donors (Lipinski definition) is 2. The van der Waals surface area contributed by atoms with E-state index in [1.165, 1.54) is 0 Å². The molecule has 0 heterocycles. The van der Waals surface area contributed by atoms with Crippen LogP contribution in [0.3, 0.4) is 0 Å². The monoisotopic (exact) mass is 373 g/mol. The summed E-state index contributed by atoms with van der Waals surface area (Å²) in [7, 11) is 0. The third kappa shape index (κ3) is 5.81. The number of carboxylic acids is 1. The minimum atomic E-state index is -0.912. The van der Waals surface area contributed by atoms with Crippen molar-refractivity contribution in [3.8, 4) is 5.75 Å². The molecule has 0 bridgehead atoms. The van der Waals surface area contributed by atoms with Crippen LogP contribution in [0.2, 0.25) is 0 Å². The van der Waals surface area contributed by atoms with Gasteiger partial charge in [-0.1, -0.05) is 29.8 Å². The predicted octanol–water partition coefficient (Wildman–Crippen LogP) is 3.76. The van der Waals surface area contributed by atoms with E-state index in [2.05, 4.69) is 5.32 Å². The van der Waals surface area contributed by atoms with Gasteiger partial charge in [0.05, 0.1) is 12.1 Å². The minimum absolute atomic E-state index is 0.195. The van der Waals surface area contributed by atoms with Crippen molar-refractivity contribution in [2.45, 2.75) is 37.0 Å². The number of hydrogen-bond acceptors (Lipinski definition) is 4. The first-order valence-electron chi connectivity index (χ1n) is 8.37. The lowest BCUT2D eigenvalue weighted by Gasteiger charge is -2.17. The molecule has 0 fully saturated rings. The zero-order valence-electron chi connectivity index (χ0n) is 15.1. The van der Waals surface area contributed by atoms with E-state index in [1.54, 1.807) is 31.2 Å². The number of benzene rings is 2. The Kier molecular flexibility index (Phi) is 7.09. The highest BCUT2D eigenvalue weighted by Crippen LogP contribution is 2.27. The fourth-order valence-electron chi connectivity index (χ4n) is 2.22. The fraction of sp³-hybridized carbons (Fsp3) is 0.300. The second kappa shape index (κ2) is 9.29. The van der Waals surface area contributed by atoms with Crippen LogP contribution in [-0.4, -0.2) is 34.9 Å². The SMILES string of the molecule is Cc1ccc(OC(C)CNC(=O)c2ccccc2SC(C)C(=O)O)cc1. The highest BCUT2D eigenvalue weighted by molar-refractivity contribution is 8.00. The zero-order valence-corrected chi connectivity index (χ0v) is 15.9. The molecule has 0 saturated heterocycles. The number of carbonyl (C=O) groups is 2. The molecule has 0 aliphatic rings. The Bertz CT molecular complexity index is 761. The van der Waals surface area contributed by atoms with Crippen molar-refractivity contribution in [2.75, 3.05) is 6.54 Å². The minimum Gasteiger partial charge on any atom is -0.489 e. The van der Waals surface area contributed by atoms with Crippen molar-refractivity contribution in [3.63, 3.8) is 0 Å². The van der Waals surface area contributed by atoms with E-state index < -0.39 is 11.2 Å². The van der Waals surface area contributed by atoms with Crippen molar-refractivity contribution in [2.24, 2.45) is 0 Å². The van der Waals surface area contributed by atoms with Crippen LogP contribution >= 0.6 is 11.8 Å². The van der Waals surface area contributed by atoms with Crippen LogP contribution in [0.4, 0.5) is 0 Å². The van der Waals surface area contributed by atoms with Gasteiger partial charge in [0.15, 0.2) is 0 Å². The van der Waals surface area contributed by atoms with E-state index >= 15 is 0 Å². The third-order valence-electron chi connectivity index (χ3n) is 3.69. The zero-order chi connectivity index (χ0) is 19.1. The number of carbonyl (C=O) groups excluding carboxylic acids is 1. The molecule has 0 spiro atoms. The molecule has 1 amide bonds. The van der Waals surface area contributed by atoms with Gasteiger partial charge in [-0.25, -0.2) is 0 Å². The van der Waals surface area contributed by atoms with E-state index in [1.807, 2.05) is 38.1 Å². The van der Waals surface area contributed by atoms with Crippen LogP contribution in [0.25, 0.3) is 0 Å². The van der Waals surface area contributed by atoms with Crippen LogP contribution < -0.4 is 10.1 Å². The summed E-state index contributed by atoms with van der Waals surface area (Å²) in [5.74, 6) is -0.404. The molecule has 0 aliphatic carbocycles. The van der Waals surface area contributed by atoms with E-state index in [0.29, 0.717) is 17.0 Å². The molecule has 0 aliphatic heterocycles. The summed E-state index contributed by atoms with van der Waals surface area (Å²) in [6.45, 7) is 5.83. The van der Waals surface area contributed by atoms with Crippen molar-refractivity contribution in [1.82, 2.24) is 5.32 Å². The van der Waals surface area contributed by atoms with Crippen LogP contribution in [0.5, 0.6) is 5.75 Å². The normalized spacial score (nSPS) is 12.9. The first kappa shape index (κ1) is 19.8. The maximum atomic E-state index is 12.5. The molecule has 138 valence electrons. The molecule has 0 saturated carbocycles. The van der Waals surface area contributed by atoms with Crippen molar-refractivity contribution in [3.05, 3.63) is 59.7 Å². The Morgan fingerprint density at radius 3 is 2.42 bits per heavy atom. The average molecular weight is 373 g/mol. The maximum Gasteiger partial charge on any atom is 0.316 e. The second-order valence-electron chi connectivity index (χ2n) is 6.05. The summed E-state index contributed by atoms with van der Waals surface area (Å²) in [6, 6.07) is 14.7. The molecule has 6 heteroatoms. The lowest BCUT2D eigenvalue weighted by Crippen LogP contribution is -2.33. The van der Waals surface area contributed by atoms with Gasteiger partial charge in [-0.3, -0.25) is 9.59 Å². The van der Waals surface area contributed by atoms with E-state index in [0.717, 1.165) is 23.1 Å². The number of rotatable bonds is 8. The molecule has 2 rings (SSSR count). The second-order valence-corrected chi connectivity index (χ2v) is 7.43. The van der Waals surface area contributed by atoms with Gasteiger partial charge in [-0.2, -0.15) is 0 Å². The highest BCUT2D eigenvalue weighted by atomic mass is 32.2. The Hall–Kier alpha value is -2.47. The smallest absolute Gasteiger partial charge is 0.316 e. The van der Waals surface area contributed by atoms with Crippen LogP contribution in [0.15, 0.2) is 53.4 Å². The topological polar surface area (TPSA) is 75.6 Å². The molecule has 2 atom stereocenters. The molecular weight excluding hydrogens is 350 g/mol. The highest BCUT2D eigenvalue weighted by Gasteiger charge is 2.18. The summed E-state index contributed by atoms with van der Waals surface area (Å²) in [5.41, 5.74) is 1.62. The van der Waals surface area contributed by atoms with Crippen molar-refractivity contribution in [1.29, 1.82) is 0 Å². The number of amides is 1. The largest absolute Gasteiger partial charge is 0.489 e. The van der Waals surface area contributed by atoms with Gasteiger partial charge in [0.1, 0.15) is 17.1 Å². The van der Waals surface area contributed by atoms with Crippen LogP contribution in [-0.2, 0) is 4.79 Å². The Labute approximate surface area is 157 Å². The molecule has 2 unspecified atom stereocenters. The average Bonchev–Trinajstić information content (AvgIpc) is 2.62. The molecule has 0 radical (unpaired) electrons. The number of nitrogens with one attached hydrogen (secondary N) is 1. The quantitative estimate of drug-likeness (QED) is 0.689. The molecule has 2 aromatic rings. The number of thioether (sulfide) groups is 1. The van der Waals surface area contributed by atoms with Crippen LogP contribution in [0, 0.1) is 6.92 Å². The first-order chi connectivity index (χ1) is 12.4. The Balaban J connectivity index is 1.95.